The number of rotatable bonds is 6. The third kappa shape index (κ3) is 3.89. The molecule has 0 aliphatic carbocycles. The summed E-state index contributed by atoms with van der Waals surface area (Å²) in [5, 5.41) is 10.9. The Bertz CT molecular complexity index is 612. The van der Waals surface area contributed by atoms with E-state index in [-0.39, 0.29) is 12.3 Å². The molecule has 0 saturated heterocycles. The number of nitro benzene ring substituents is 1. The minimum Gasteiger partial charge on any atom is -0.399 e. The Labute approximate surface area is 117 Å². The zero-order valence-corrected chi connectivity index (χ0v) is 12.2. The van der Waals surface area contributed by atoms with Gasteiger partial charge in [0.25, 0.3) is 5.69 Å². The predicted molar refractivity (Wildman–Crippen MR) is 73.8 cm³/mol. The molecule has 0 atom stereocenters. The summed E-state index contributed by atoms with van der Waals surface area (Å²) in [5.41, 5.74) is 4.19. The van der Waals surface area contributed by atoms with Gasteiger partial charge in [-0.2, -0.15) is 0 Å². The van der Waals surface area contributed by atoms with Crippen LogP contribution < -0.4 is 10.5 Å². The molecule has 112 valence electrons. The molecule has 0 bridgehead atoms. The van der Waals surface area contributed by atoms with Gasteiger partial charge in [0.1, 0.15) is 0 Å². The van der Waals surface area contributed by atoms with Gasteiger partial charge in [0.15, 0.2) is 4.90 Å². The van der Waals surface area contributed by atoms with Crippen LogP contribution in [0.2, 0.25) is 0 Å². The standard InChI is InChI=1S/C11H17N3O5S/c1-11(2,7-19-3)13-20(17,18)10-6-8(12)4-5-9(10)14(15)16/h4-6,13H,7,12H2,1-3H3. The minimum absolute atomic E-state index is 0.113. The highest BCUT2D eigenvalue weighted by Gasteiger charge is 2.31. The van der Waals surface area contributed by atoms with Crippen molar-refractivity contribution >= 4 is 21.4 Å². The summed E-state index contributed by atoms with van der Waals surface area (Å²) in [6, 6.07) is 3.40. The first kappa shape index (κ1) is 16.3. The summed E-state index contributed by atoms with van der Waals surface area (Å²) in [4.78, 5) is 9.69. The van der Waals surface area contributed by atoms with Gasteiger partial charge in [0.05, 0.1) is 17.1 Å². The van der Waals surface area contributed by atoms with E-state index in [1.807, 2.05) is 0 Å². The number of sulfonamides is 1. The van der Waals surface area contributed by atoms with E-state index in [0.717, 1.165) is 12.1 Å². The number of nitrogens with two attached hydrogens (primary N) is 1. The summed E-state index contributed by atoms with van der Waals surface area (Å²) in [7, 11) is -2.66. The van der Waals surface area contributed by atoms with Crippen LogP contribution in [-0.4, -0.2) is 32.6 Å². The largest absolute Gasteiger partial charge is 0.399 e. The van der Waals surface area contributed by atoms with E-state index in [1.165, 1.54) is 13.2 Å². The van der Waals surface area contributed by atoms with Gasteiger partial charge < -0.3 is 10.5 Å². The Hall–Kier alpha value is -1.71. The molecule has 1 aromatic carbocycles. The van der Waals surface area contributed by atoms with Crippen molar-refractivity contribution in [2.24, 2.45) is 0 Å². The number of benzene rings is 1. The summed E-state index contributed by atoms with van der Waals surface area (Å²) in [5.74, 6) is 0. The first-order valence-corrected chi connectivity index (χ1v) is 7.14. The lowest BCUT2D eigenvalue weighted by atomic mass is 10.1. The number of nitro groups is 1. The molecule has 1 rings (SSSR count). The normalized spacial score (nSPS) is 12.3. The molecule has 8 nitrogen and oxygen atoms in total. The molecule has 0 saturated carbocycles. The number of hydrogen-bond acceptors (Lipinski definition) is 6. The molecule has 1 aromatic rings. The molecule has 0 unspecified atom stereocenters. The first-order chi connectivity index (χ1) is 9.09. The molecular formula is C11H17N3O5S. The fourth-order valence-corrected chi connectivity index (χ4v) is 3.31. The van der Waals surface area contributed by atoms with Crippen LogP contribution in [-0.2, 0) is 14.8 Å². The lowest BCUT2D eigenvalue weighted by molar-refractivity contribution is -0.387. The third-order valence-electron chi connectivity index (χ3n) is 2.39. The molecule has 0 radical (unpaired) electrons. The Morgan fingerprint density at radius 2 is 2.05 bits per heavy atom. The molecule has 0 fully saturated rings. The Morgan fingerprint density at radius 1 is 1.45 bits per heavy atom. The van der Waals surface area contributed by atoms with Crippen molar-refractivity contribution in [3.05, 3.63) is 28.3 Å². The van der Waals surface area contributed by atoms with Crippen LogP contribution in [0.4, 0.5) is 11.4 Å². The van der Waals surface area contributed by atoms with Crippen LogP contribution in [0, 0.1) is 10.1 Å². The number of anilines is 1. The predicted octanol–water partition coefficient (Wildman–Crippen LogP) is 0.880. The summed E-state index contributed by atoms with van der Waals surface area (Å²) < 4.78 is 31.8. The van der Waals surface area contributed by atoms with Crippen molar-refractivity contribution in [2.75, 3.05) is 19.5 Å². The van der Waals surface area contributed by atoms with Crippen LogP contribution in [0.1, 0.15) is 13.8 Å². The van der Waals surface area contributed by atoms with Crippen LogP contribution in [0.5, 0.6) is 0 Å². The van der Waals surface area contributed by atoms with E-state index < -0.39 is 31.1 Å². The van der Waals surface area contributed by atoms with Gasteiger partial charge in [-0.05, 0) is 26.0 Å². The van der Waals surface area contributed by atoms with Crippen LogP contribution >= 0.6 is 0 Å². The van der Waals surface area contributed by atoms with Crippen molar-refractivity contribution in [1.82, 2.24) is 4.72 Å². The van der Waals surface area contributed by atoms with Gasteiger partial charge in [-0.15, -0.1) is 0 Å². The molecular weight excluding hydrogens is 286 g/mol. The average Bonchev–Trinajstić information content (AvgIpc) is 2.26. The number of nitrogen functional groups attached to an aromatic ring is 1. The number of nitrogens with one attached hydrogen (secondary N) is 1. The van der Waals surface area contributed by atoms with E-state index in [2.05, 4.69) is 4.72 Å². The fourth-order valence-electron chi connectivity index (χ4n) is 1.71. The molecule has 9 heteroatoms. The summed E-state index contributed by atoms with van der Waals surface area (Å²) >= 11 is 0. The number of hydrogen-bond donors (Lipinski definition) is 2. The van der Waals surface area contributed by atoms with Crippen LogP contribution in [0.3, 0.4) is 0 Å². The second-order valence-electron chi connectivity index (χ2n) is 4.91. The quantitative estimate of drug-likeness (QED) is 0.456. The molecule has 0 aliphatic heterocycles. The van der Waals surface area contributed by atoms with Gasteiger partial charge >= 0.3 is 0 Å². The number of ether oxygens (including phenoxy) is 1. The lowest BCUT2D eigenvalue weighted by Gasteiger charge is -2.24. The van der Waals surface area contributed by atoms with Crippen molar-refractivity contribution in [2.45, 2.75) is 24.3 Å². The van der Waals surface area contributed by atoms with Gasteiger partial charge in [-0.1, -0.05) is 0 Å². The second-order valence-corrected chi connectivity index (χ2v) is 6.56. The minimum atomic E-state index is -4.09. The highest BCUT2D eigenvalue weighted by atomic mass is 32.2. The molecule has 0 aliphatic rings. The van der Waals surface area contributed by atoms with Crippen LogP contribution in [0.15, 0.2) is 23.1 Å². The zero-order chi connectivity index (χ0) is 15.6. The van der Waals surface area contributed by atoms with Crippen LogP contribution in [0.25, 0.3) is 0 Å². The molecule has 3 N–H and O–H groups in total. The van der Waals surface area contributed by atoms with E-state index in [4.69, 9.17) is 10.5 Å². The van der Waals surface area contributed by atoms with Crippen molar-refractivity contribution in [3.8, 4) is 0 Å². The maximum atomic E-state index is 12.3. The Morgan fingerprint density at radius 3 is 2.55 bits per heavy atom. The first-order valence-electron chi connectivity index (χ1n) is 5.66. The smallest absolute Gasteiger partial charge is 0.289 e. The maximum Gasteiger partial charge on any atom is 0.289 e. The Kier molecular flexibility index (Phi) is 4.69. The summed E-state index contributed by atoms with van der Waals surface area (Å²) in [6.45, 7) is 3.32. The number of nitrogens with zero attached hydrogens (tertiary/aromatic N) is 1. The topological polar surface area (TPSA) is 125 Å². The molecule has 0 spiro atoms. The number of methoxy groups -OCH3 is 1. The van der Waals surface area contributed by atoms with Gasteiger partial charge in [0, 0.05) is 18.9 Å². The summed E-state index contributed by atoms with van der Waals surface area (Å²) in [6.07, 6.45) is 0. The zero-order valence-electron chi connectivity index (χ0n) is 11.4. The molecule has 0 aromatic heterocycles. The fraction of sp³-hybridized carbons (Fsp3) is 0.455. The lowest BCUT2D eigenvalue weighted by Crippen LogP contribution is -2.46. The van der Waals surface area contributed by atoms with E-state index in [0.29, 0.717) is 0 Å². The Balaban J connectivity index is 3.28. The van der Waals surface area contributed by atoms with Gasteiger partial charge in [-0.3, -0.25) is 10.1 Å². The highest BCUT2D eigenvalue weighted by Crippen LogP contribution is 2.26. The van der Waals surface area contributed by atoms with Crippen molar-refractivity contribution in [3.63, 3.8) is 0 Å². The average molecular weight is 303 g/mol. The van der Waals surface area contributed by atoms with Gasteiger partial charge in [-0.25, -0.2) is 13.1 Å². The van der Waals surface area contributed by atoms with Gasteiger partial charge in [0.2, 0.25) is 10.0 Å². The second kappa shape index (κ2) is 5.73. The molecule has 0 amide bonds. The van der Waals surface area contributed by atoms with Crippen molar-refractivity contribution in [1.29, 1.82) is 0 Å². The monoisotopic (exact) mass is 303 g/mol. The van der Waals surface area contributed by atoms with Crippen molar-refractivity contribution < 1.29 is 18.1 Å². The molecule has 20 heavy (non-hydrogen) atoms. The third-order valence-corrected chi connectivity index (χ3v) is 4.11. The molecule has 0 heterocycles. The van der Waals surface area contributed by atoms with E-state index in [1.54, 1.807) is 13.8 Å². The van der Waals surface area contributed by atoms with E-state index >= 15 is 0 Å². The highest BCUT2D eigenvalue weighted by molar-refractivity contribution is 7.89. The maximum absolute atomic E-state index is 12.3. The SMILES string of the molecule is COCC(C)(C)NS(=O)(=O)c1cc(N)ccc1[N+](=O)[O-]. The van der Waals surface area contributed by atoms with E-state index in [9.17, 15) is 18.5 Å².